The lowest BCUT2D eigenvalue weighted by molar-refractivity contribution is 0.414. The number of halogens is 2. The molecule has 0 aliphatic rings. The van der Waals surface area contributed by atoms with Crippen LogP contribution in [0.15, 0.2) is 41.2 Å². The second-order valence-electron chi connectivity index (χ2n) is 4.53. The van der Waals surface area contributed by atoms with Crippen LogP contribution in [-0.2, 0) is 0 Å². The Balaban J connectivity index is 2.37. The molecule has 3 rings (SSSR count). The predicted octanol–water partition coefficient (Wildman–Crippen LogP) is 2.89. The third-order valence-electron chi connectivity index (χ3n) is 3.21. The van der Waals surface area contributed by atoms with Gasteiger partial charge in [0.1, 0.15) is 11.5 Å². The summed E-state index contributed by atoms with van der Waals surface area (Å²) < 4.78 is 19.9. The van der Waals surface area contributed by atoms with Crippen LogP contribution in [0.25, 0.3) is 16.7 Å². The fraction of sp³-hybridized carbons (Fsp3) is 0.0667. The monoisotopic (exact) mass is 320 g/mol. The molecule has 5 nitrogen and oxygen atoms in total. The van der Waals surface area contributed by atoms with E-state index in [1.54, 1.807) is 24.3 Å². The maximum atomic E-state index is 13.6. The quantitative estimate of drug-likeness (QED) is 0.737. The Labute approximate surface area is 129 Å². The van der Waals surface area contributed by atoms with Crippen molar-refractivity contribution in [3.05, 3.63) is 57.7 Å². The van der Waals surface area contributed by atoms with Gasteiger partial charge in [-0.25, -0.2) is 9.37 Å². The second-order valence-corrected chi connectivity index (χ2v) is 4.89. The standard InChI is InChI=1S/C15H10ClFN2O3/c1-22-9-4-2-8(3-5-9)19-13(21)7-12(20)10-6-11(17)14(16)18-15(10)19/h2-7,20H,1H3. The highest BCUT2D eigenvalue weighted by atomic mass is 35.5. The molecule has 0 aliphatic carbocycles. The van der Waals surface area contributed by atoms with Gasteiger partial charge < -0.3 is 9.84 Å². The number of pyridine rings is 2. The Hall–Kier alpha value is -2.60. The van der Waals surface area contributed by atoms with Crippen molar-refractivity contribution in [3.63, 3.8) is 0 Å². The molecule has 1 N–H and O–H groups in total. The fourth-order valence-electron chi connectivity index (χ4n) is 2.16. The zero-order valence-electron chi connectivity index (χ0n) is 11.4. The number of aromatic hydroxyl groups is 1. The van der Waals surface area contributed by atoms with Crippen molar-refractivity contribution >= 4 is 22.6 Å². The molecule has 0 amide bonds. The highest BCUT2D eigenvalue weighted by molar-refractivity contribution is 6.30. The van der Waals surface area contributed by atoms with Gasteiger partial charge in [0, 0.05) is 6.07 Å². The number of rotatable bonds is 2. The Morgan fingerprint density at radius 2 is 1.95 bits per heavy atom. The van der Waals surface area contributed by atoms with Gasteiger partial charge in [0.15, 0.2) is 16.6 Å². The molecule has 0 atom stereocenters. The highest BCUT2D eigenvalue weighted by Gasteiger charge is 2.14. The third kappa shape index (κ3) is 2.27. The molecular formula is C15H10ClFN2O3. The van der Waals surface area contributed by atoms with Gasteiger partial charge in [0.25, 0.3) is 5.56 Å². The number of fused-ring (bicyclic) bond motifs is 1. The average Bonchev–Trinajstić information content (AvgIpc) is 2.50. The predicted molar refractivity (Wildman–Crippen MR) is 80.5 cm³/mol. The number of nitrogens with zero attached hydrogens (tertiary/aromatic N) is 2. The van der Waals surface area contributed by atoms with Crippen LogP contribution in [0.5, 0.6) is 11.5 Å². The fourth-order valence-corrected chi connectivity index (χ4v) is 2.30. The molecule has 0 bridgehead atoms. The lowest BCUT2D eigenvalue weighted by Crippen LogP contribution is -2.18. The van der Waals surface area contributed by atoms with Crippen LogP contribution in [0.1, 0.15) is 0 Å². The van der Waals surface area contributed by atoms with E-state index in [0.717, 1.165) is 12.1 Å². The normalized spacial score (nSPS) is 10.9. The van der Waals surface area contributed by atoms with Crippen LogP contribution in [-0.4, -0.2) is 21.8 Å². The van der Waals surface area contributed by atoms with Gasteiger partial charge in [-0.2, -0.15) is 0 Å². The summed E-state index contributed by atoms with van der Waals surface area (Å²) in [4.78, 5) is 16.1. The number of methoxy groups -OCH3 is 1. The number of aromatic nitrogens is 2. The van der Waals surface area contributed by atoms with Crippen LogP contribution in [0.3, 0.4) is 0 Å². The van der Waals surface area contributed by atoms with Gasteiger partial charge in [-0.1, -0.05) is 11.6 Å². The summed E-state index contributed by atoms with van der Waals surface area (Å²) in [6, 6.07) is 8.68. The van der Waals surface area contributed by atoms with Crippen LogP contribution in [0.4, 0.5) is 4.39 Å². The molecule has 0 saturated heterocycles. The van der Waals surface area contributed by atoms with Crippen LogP contribution in [0.2, 0.25) is 5.15 Å². The van der Waals surface area contributed by atoms with Crippen molar-refractivity contribution < 1.29 is 14.2 Å². The first-order chi connectivity index (χ1) is 10.5. The molecule has 0 spiro atoms. The molecule has 0 saturated carbocycles. The first-order valence-corrected chi connectivity index (χ1v) is 6.64. The molecule has 3 aromatic rings. The molecule has 2 aromatic heterocycles. The Kier molecular flexibility index (Phi) is 3.46. The average molecular weight is 321 g/mol. The van der Waals surface area contributed by atoms with E-state index in [-0.39, 0.29) is 21.9 Å². The molecule has 0 fully saturated rings. The second kappa shape index (κ2) is 5.31. The molecule has 0 radical (unpaired) electrons. The highest BCUT2D eigenvalue weighted by Crippen LogP contribution is 2.27. The lowest BCUT2D eigenvalue weighted by atomic mass is 10.2. The van der Waals surface area contributed by atoms with Gasteiger partial charge in [-0.3, -0.25) is 9.36 Å². The SMILES string of the molecule is COc1ccc(-n2c(=O)cc(O)c3cc(F)c(Cl)nc32)cc1. The molecular weight excluding hydrogens is 311 g/mol. The largest absolute Gasteiger partial charge is 0.507 e. The maximum Gasteiger partial charge on any atom is 0.260 e. The Morgan fingerprint density at radius 3 is 2.59 bits per heavy atom. The molecule has 0 aliphatic heterocycles. The summed E-state index contributed by atoms with van der Waals surface area (Å²) in [5, 5.41) is 9.56. The number of hydrogen-bond acceptors (Lipinski definition) is 4. The summed E-state index contributed by atoms with van der Waals surface area (Å²) in [7, 11) is 1.53. The van der Waals surface area contributed by atoms with Gasteiger partial charge in [-0.05, 0) is 30.3 Å². The molecule has 22 heavy (non-hydrogen) atoms. The van der Waals surface area contributed by atoms with E-state index in [4.69, 9.17) is 16.3 Å². The zero-order valence-corrected chi connectivity index (χ0v) is 12.1. The van der Waals surface area contributed by atoms with Crippen LogP contribution < -0.4 is 10.3 Å². The van der Waals surface area contributed by atoms with Crippen molar-refractivity contribution in [2.24, 2.45) is 0 Å². The van der Waals surface area contributed by atoms with E-state index >= 15 is 0 Å². The van der Waals surface area contributed by atoms with Gasteiger partial charge in [0.05, 0.1) is 18.2 Å². The minimum Gasteiger partial charge on any atom is -0.507 e. The molecule has 2 heterocycles. The van der Waals surface area contributed by atoms with Crippen LogP contribution in [0, 0.1) is 5.82 Å². The Bertz CT molecular complexity index is 923. The molecule has 112 valence electrons. The van der Waals surface area contributed by atoms with E-state index < -0.39 is 11.4 Å². The number of ether oxygens (including phenoxy) is 1. The first kappa shape index (κ1) is 14.3. The van der Waals surface area contributed by atoms with E-state index in [1.165, 1.54) is 11.7 Å². The maximum absolute atomic E-state index is 13.6. The summed E-state index contributed by atoms with van der Waals surface area (Å²) in [5.74, 6) is -0.505. The smallest absolute Gasteiger partial charge is 0.260 e. The number of benzene rings is 1. The van der Waals surface area contributed by atoms with Crippen molar-refractivity contribution in [1.29, 1.82) is 0 Å². The summed E-state index contributed by atoms with van der Waals surface area (Å²) in [6.45, 7) is 0. The minimum atomic E-state index is -0.774. The van der Waals surface area contributed by atoms with Gasteiger partial charge in [-0.15, -0.1) is 0 Å². The lowest BCUT2D eigenvalue weighted by Gasteiger charge is -2.11. The van der Waals surface area contributed by atoms with Crippen molar-refractivity contribution in [2.45, 2.75) is 0 Å². The molecule has 1 aromatic carbocycles. The van der Waals surface area contributed by atoms with Crippen LogP contribution >= 0.6 is 11.6 Å². The zero-order chi connectivity index (χ0) is 15.9. The van der Waals surface area contributed by atoms with Crippen molar-refractivity contribution in [1.82, 2.24) is 9.55 Å². The molecule has 0 unspecified atom stereocenters. The third-order valence-corrected chi connectivity index (χ3v) is 3.48. The number of hydrogen-bond donors (Lipinski definition) is 1. The minimum absolute atomic E-state index is 0.0709. The van der Waals surface area contributed by atoms with E-state index in [1.807, 2.05) is 0 Å². The van der Waals surface area contributed by atoms with E-state index in [2.05, 4.69) is 4.98 Å². The topological polar surface area (TPSA) is 64.3 Å². The summed E-state index contributed by atoms with van der Waals surface area (Å²) >= 11 is 5.70. The van der Waals surface area contributed by atoms with Gasteiger partial charge >= 0.3 is 0 Å². The van der Waals surface area contributed by atoms with E-state index in [0.29, 0.717) is 11.4 Å². The Morgan fingerprint density at radius 1 is 1.27 bits per heavy atom. The summed E-state index contributed by atoms with van der Waals surface area (Å²) in [6.07, 6.45) is 0. The van der Waals surface area contributed by atoms with E-state index in [9.17, 15) is 14.3 Å². The van der Waals surface area contributed by atoms with Crippen molar-refractivity contribution in [3.8, 4) is 17.2 Å². The first-order valence-electron chi connectivity index (χ1n) is 6.26. The van der Waals surface area contributed by atoms with Gasteiger partial charge in [0.2, 0.25) is 0 Å². The van der Waals surface area contributed by atoms with Crippen molar-refractivity contribution in [2.75, 3.05) is 7.11 Å². The summed E-state index contributed by atoms with van der Waals surface area (Å²) in [5.41, 5.74) is 0.0536. The molecule has 7 heteroatoms.